The summed E-state index contributed by atoms with van der Waals surface area (Å²) in [4.78, 5) is 0. The fourth-order valence-corrected chi connectivity index (χ4v) is 1.18. The molecule has 0 aromatic heterocycles. The molecule has 0 amide bonds. The van der Waals surface area contributed by atoms with Crippen molar-refractivity contribution < 1.29 is 19.0 Å². The van der Waals surface area contributed by atoms with Gasteiger partial charge in [0.1, 0.15) is 11.5 Å². The van der Waals surface area contributed by atoms with Crippen molar-refractivity contribution in [3.05, 3.63) is 23.8 Å². The number of halogens is 1. The van der Waals surface area contributed by atoms with E-state index in [1.54, 1.807) is 25.3 Å². The lowest BCUT2D eigenvalue weighted by Gasteiger charge is -2.10. The number of hydrogen-bond donors (Lipinski definition) is 1. The summed E-state index contributed by atoms with van der Waals surface area (Å²) in [6.45, 7) is -0.206. The van der Waals surface area contributed by atoms with Crippen LogP contribution in [0.1, 0.15) is 12.0 Å². The Balaban J connectivity index is 2.69. The molecule has 1 aromatic rings. The van der Waals surface area contributed by atoms with Crippen molar-refractivity contribution in [2.24, 2.45) is 0 Å². The normalized spacial score (nSPS) is 10.1. The number of methoxy groups -OCH3 is 1. The lowest BCUT2D eigenvalue weighted by molar-refractivity contribution is 0.255. The standard InChI is InChI=1S/C11H15FO3/c1-14-10-3-4-11(9(7-10)8-13)15-6-2-5-12/h3-4,7,13H,2,5-6,8H2,1H3. The average molecular weight is 214 g/mol. The molecule has 0 bridgehead atoms. The summed E-state index contributed by atoms with van der Waals surface area (Å²) < 4.78 is 22.2. The zero-order valence-corrected chi connectivity index (χ0v) is 8.70. The van der Waals surface area contributed by atoms with E-state index in [-0.39, 0.29) is 6.61 Å². The van der Waals surface area contributed by atoms with Gasteiger partial charge in [-0.3, -0.25) is 4.39 Å². The number of hydrogen-bond acceptors (Lipinski definition) is 3. The largest absolute Gasteiger partial charge is 0.497 e. The number of ether oxygens (including phenoxy) is 2. The van der Waals surface area contributed by atoms with Gasteiger partial charge in [-0.25, -0.2) is 0 Å². The van der Waals surface area contributed by atoms with Gasteiger partial charge in [0, 0.05) is 12.0 Å². The lowest BCUT2D eigenvalue weighted by atomic mass is 10.2. The molecule has 0 aliphatic heterocycles. The maximum Gasteiger partial charge on any atom is 0.125 e. The van der Waals surface area contributed by atoms with E-state index in [2.05, 4.69) is 0 Å². The van der Waals surface area contributed by atoms with Crippen LogP contribution in [0.15, 0.2) is 18.2 Å². The highest BCUT2D eigenvalue weighted by Crippen LogP contribution is 2.24. The summed E-state index contributed by atoms with van der Waals surface area (Å²) in [6.07, 6.45) is 0.358. The molecule has 1 rings (SSSR count). The van der Waals surface area contributed by atoms with Gasteiger partial charge in [0.05, 0.1) is 27.0 Å². The zero-order chi connectivity index (χ0) is 11.1. The molecular weight excluding hydrogens is 199 g/mol. The third-order valence-electron chi connectivity index (χ3n) is 1.97. The summed E-state index contributed by atoms with van der Waals surface area (Å²) in [7, 11) is 1.56. The van der Waals surface area contributed by atoms with Crippen LogP contribution in [-0.4, -0.2) is 25.5 Å². The van der Waals surface area contributed by atoms with E-state index in [9.17, 15) is 4.39 Å². The monoisotopic (exact) mass is 214 g/mol. The first kappa shape index (κ1) is 11.8. The van der Waals surface area contributed by atoms with Crippen molar-refractivity contribution in [3.8, 4) is 11.5 Å². The minimum Gasteiger partial charge on any atom is -0.497 e. The molecule has 4 heteroatoms. The van der Waals surface area contributed by atoms with Crippen LogP contribution in [0, 0.1) is 0 Å². The number of aliphatic hydroxyl groups excluding tert-OH is 1. The van der Waals surface area contributed by atoms with Crippen molar-refractivity contribution >= 4 is 0 Å². The van der Waals surface area contributed by atoms with Gasteiger partial charge in [-0.2, -0.15) is 0 Å². The van der Waals surface area contributed by atoms with Gasteiger partial charge in [0.15, 0.2) is 0 Å². The van der Waals surface area contributed by atoms with Crippen LogP contribution in [-0.2, 0) is 6.61 Å². The molecule has 0 aliphatic carbocycles. The topological polar surface area (TPSA) is 38.7 Å². The summed E-state index contributed by atoms with van der Waals surface area (Å²) >= 11 is 0. The molecule has 0 radical (unpaired) electrons. The third-order valence-corrected chi connectivity index (χ3v) is 1.97. The molecule has 0 spiro atoms. The summed E-state index contributed by atoms with van der Waals surface area (Å²) in [5.74, 6) is 1.24. The second-order valence-electron chi connectivity index (χ2n) is 3.02. The van der Waals surface area contributed by atoms with Gasteiger partial charge in [0.25, 0.3) is 0 Å². The summed E-state index contributed by atoms with van der Waals surface area (Å²) in [5, 5.41) is 9.09. The quantitative estimate of drug-likeness (QED) is 0.735. The maximum atomic E-state index is 11.8. The first-order valence-corrected chi connectivity index (χ1v) is 4.78. The van der Waals surface area contributed by atoms with Crippen LogP contribution in [0.3, 0.4) is 0 Å². The first-order chi connectivity index (χ1) is 7.31. The first-order valence-electron chi connectivity index (χ1n) is 4.78. The second-order valence-corrected chi connectivity index (χ2v) is 3.02. The van der Waals surface area contributed by atoms with Crippen molar-refractivity contribution in [2.45, 2.75) is 13.0 Å². The summed E-state index contributed by atoms with van der Waals surface area (Å²) in [6, 6.07) is 5.15. The van der Waals surface area contributed by atoms with Crippen molar-refractivity contribution in [2.75, 3.05) is 20.4 Å². The predicted octanol–water partition coefficient (Wildman–Crippen LogP) is 1.93. The van der Waals surface area contributed by atoms with Gasteiger partial charge < -0.3 is 14.6 Å². The Morgan fingerprint density at radius 3 is 2.80 bits per heavy atom. The van der Waals surface area contributed by atoms with Gasteiger partial charge in [-0.15, -0.1) is 0 Å². The molecule has 3 nitrogen and oxygen atoms in total. The average Bonchev–Trinajstić information content (AvgIpc) is 2.29. The van der Waals surface area contributed by atoms with Crippen LogP contribution in [0.25, 0.3) is 0 Å². The van der Waals surface area contributed by atoms with E-state index in [0.717, 1.165) is 0 Å². The van der Waals surface area contributed by atoms with Crippen LogP contribution in [0.5, 0.6) is 11.5 Å². The highest BCUT2D eigenvalue weighted by Gasteiger charge is 2.04. The SMILES string of the molecule is COc1ccc(OCCCF)c(CO)c1. The molecule has 1 N–H and O–H groups in total. The van der Waals surface area contributed by atoms with Crippen LogP contribution in [0.4, 0.5) is 4.39 Å². The van der Waals surface area contributed by atoms with E-state index < -0.39 is 6.67 Å². The highest BCUT2D eigenvalue weighted by molar-refractivity contribution is 5.39. The molecule has 0 fully saturated rings. The van der Waals surface area contributed by atoms with E-state index in [1.807, 2.05) is 0 Å². The Kier molecular flexibility index (Phi) is 4.90. The molecule has 1 aromatic carbocycles. The second kappa shape index (κ2) is 6.24. The van der Waals surface area contributed by atoms with Gasteiger partial charge in [0.2, 0.25) is 0 Å². The Bertz CT molecular complexity index is 302. The van der Waals surface area contributed by atoms with E-state index in [0.29, 0.717) is 30.1 Å². The van der Waals surface area contributed by atoms with Crippen LogP contribution < -0.4 is 9.47 Å². The molecule has 0 heterocycles. The molecule has 84 valence electrons. The highest BCUT2D eigenvalue weighted by atomic mass is 19.1. The zero-order valence-electron chi connectivity index (χ0n) is 8.70. The molecule has 0 saturated heterocycles. The fraction of sp³-hybridized carbons (Fsp3) is 0.455. The Labute approximate surface area is 88.4 Å². The van der Waals surface area contributed by atoms with Crippen molar-refractivity contribution in [1.82, 2.24) is 0 Å². The number of aliphatic hydroxyl groups is 1. The van der Waals surface area contributed by atoms with Crippen molar-refractivity contribution in [1.29, 1.82) is 0 Å². The minimum atomic E-state index is -0.398. The predicted molar refractivity (Wildman–Crippen MR) is 55.0 cm³/mol. The molecule has 0 atom stereocenters. The molecule has 0 aliphatic rings. The molecular formula is C11H15FO3. The molecule has 0 saturated carbocycles. The van der Waals surface area contributed by atoms with E-state index >= 15 is 0 Å². The number of benzene rings is 1. The van der Waals surface area contributed by atoms with Crippen LogP contribution in [0.2, 0.25) is 0 Å². The van der Waals surface area contributed by atoms with Gasteiger partial charge in [-0.05, 0) is 18.2 Å². The van der Waals surface area contributed by atoms with Gasteiger partial charge >= 0.3 is 0 Å². The third kappa shape index (κ3) is 3.40. The Morgan fingerprint density at radius 1 is 1.40 bits per heavy atom. The fourth-order valence-electron chi connectivity index (χ4n) is 1.18. The number of alkyl halides is 1. The lowest BCUT2D eigenvalue weighted by Crippen LogP contribution is -2.01. The van der Waals surface area contributed by atoms with Gasteiger partial charge in [-0.1, -0.05) is 0 Å². The number of rotatable bonds is 6. The summed E-state index contributed by atoms with van der Waals surface area (Å²) in [5.41, 5.74) is 0.646. The maximum absolute atomic E-state index is 11.8. The van der Waals surface area contributed by atoms with E-state index in [4.69, 9.17) is 14.6 Å². The Hall–Kier alpha value is -1.29. The molecule has 15 heavy (non-hydrogen) atoms. The smallest absolute Gasteiger partial charge is 0.125 e. The minimum absolute atomic E-state index is 0.123. The van der Waals surface area contributed by atoms with Crippen molar-refractivity contribution in [3.63, 3.8) is 0 Å². The van der Waals surface area contributed by atoms with Crippen LogP contribution >= 0.6 is 0 Å². The molecule has 0 unspecified atom stereocenters. The Morgan fingerprint density at radius 2 is 2.20 bits per heavy atom. The van der Waals surface area contributed by atoms with E-state index in [1.165, 1.54) is 0 Å².